The van der Waals surface area contributed by atoms with Crippen LogP contribution in [0, 0.1) is 0 Å². The number of hydrogen-bond acceptors (Lipinski definition) is 6. The van der Waals surface area contributed by atoms with Gasteiger partial charge >= 0.3 is 0 Å². The van der Waals surface area contributed by atoms with Crippen LogP contribution in [0.15, 0.2) is 73.1 Å². The molecule has 1 fully saturated rings. The van der Waals surface area contributed by atoms with Crippen LogP contribution >= 0.6 is 0 Å². The summed E-state index contributed by atoms with van der Waals surface area (Å²) in [5, 5.41) is 8.01. The summed E-state index contributed by atoms with van der Waals surface area (Å²) in [5.41, 5.74) is 5.97. The minimum Gasteiger partial charge on any atom is -0.370 e. The predicted octanol–water partition coefficient (Wildman–Crippen LogP) is 4.66. The minimum atomic E-state index is 0.0417. The van der Waals surface area contributed by atoms with Gasteiger partial charge in [-0.3, -0.25) is 0 Å². The summed E-state index contributed by atoms with van der Waals surface area (Å²) in [4.78, 5) is 15.0. The second kappa shape index (κ2) is 9.29. The molecule has 0 bridgehead atoms. The van der Waals surface area contributed by atoms with E-state index in [0.717, 1.165) is 49.6 Å². The van der Waals surface area contributed by atoms with Crippen LogP contribution in [-0.2, 0) is 4.74 Å². The Labute approximate surface area is 198 Å². The molecule has 0 saturated carbocycles. The van der Waals surface area contributed by atoms with Gasteiger partial charge in [-0.2, -0.15) is 4.98 Å². The Hall–Kier alpha value is -3.68. The van der Waals surface area contributed by atoms with Crippen LogP contribution in [0.2, 0.25) is 0 Å². The Balaban J connectivity index is 1.22. The van der Waals surface area contributed by atoms with Crippen LogP contribution in [-0.4, -0.2) is 47.7 Å². The highest BCUT2D eigenvalue weighted by Crippen LogP contribution is 2.31. The fraction of sp³-hybridized carbons (Fsp3) is 0.259. The highest BCUT2D eigenvalue weighted by atomic mass is 16.5. The maximum Gasteiger partial charge on any atom is 0.229 e. The molecule has 34 heavy (non-hydrogen) atoms. The molecule has 0 amide bonds. The van der Waals surface area contributed by atoms with Crippen LogP contribution in [0.3, 0.4) is 0 Å². The average molecular weight is 453 g/mol. The lowest BCUT2D eigenvalue weighted by molar-refractivity contribution is 0.0395. The van der Waals surface area contributed by atoms with Crippen molar-refractivity contribution in [3.05, 3.63) is 84.2 Å². The highest BCUT2D eigenvalue weighted by Gasteiger charge is 2.23. The lowest BCUT2D eigenvalue weighted by Gasteiger charge is -2.34. The van der Waals surface area contributed by atoms with Crippen molar-refractivity contribution in [3.63, 3.8) is 0 Å². The summed E-state index contributed by atoms with van der Waals surface area (Å²) in [7, 11) is 0. The molecule has 2 aliphatic heterocycles. The molecule has 0 aliphatic carbocycles. The number of aromatic nitrogens is 3. The number of nitrogens with one attached hydrogen (secondary N) is 3. The molecule has 0 radical (unpaired) electrons. The molecule has 3 N–H and O–H groups in total. The number of benzene rings is 2. The maximum atomic E-state index is 6.02. The van der Waals surface area contributed by atoms with Crippen molar-refractivity contribution < 1.29 is 4.74 Å². The molecule has 1 unspecified atom stereocenters. The molecule has 7 heteroatoms. The number of ether oxygens (including phenoxy) is 1. The summed E-state index contributed by atoms with van der Waals surface area (Å²) in [5.74, 6) is 1.50. The van der Waals surface area contributed by atoms with E-state index >= 15 is 0 Å². The Morgan fingerprint density at radius 3 is 2.91 bits per heavy atom. The minimum absolute atomic E-state index is 0.0417. The average Bonchev–Trinajstić information content (AvgIpc) is 3.33. The van der Waals surface area contributed by atoms with Crippen molar-refractivity contribution in [2.24, 2.45) is 0 Å². The quantitative estimate of drug-likeness (QED) is 0.409. The van der Waals surface area contributed by atoms with E-state index < -0.39 is 0 Å². The molecular formula is C27H28N6O. The topological polar surface area (TPSA) is 78.1 Å². The number of rotatable bonds is 5. The molecule has 4 aromatic rings. The van der Waals surface area contributed by atoms with Gasteiger partial charge in [0.05, 0.1) is 6.61 Å². The van der Waals surface area contributed by atoms with Crippen molar-refractivity contribution >= 4 is 33.9 Å². The first-order valence-corrected chi connectivity index (χ1v) is 11.9. The van der Waals surface area contributed by atoms with Gasteiger partial charge in [0, 0.05) is 54.2 Å². The van der Waals surface area contributed by atoms with Gasteiger partial charge in [-0.05, 0) is 48.4 Å². The van der Waals surface area contributed by atoms with Gasteiger partial charge in [0.2, 0.25) is 5.95 Å². The van der Waals surface area contributed by atoms with Crippen molar-refractivity contribution in [3.8, 4) is 0 Å². The zero-order chi connectivity index (χ0) is 22.7. The molecule has 1 saturated heterocycles. The zero-order valence-corrected chi connectivity index (χ0v) is 19.0. The van der Waals surface area contributed by atoms with Crippen molar-refractivity contribution in [1.82, 2.24) is 20.3 Å². The van der Waals surface area contributed by atoms with Gasteiger partial charge in [0.25, 0.3) is 0 Å². The molecule has 2 aromatic carbocycles. The summed E-state index contributed by atoms with van der Waals surface area (Å²) in [6.07, 6.45) is 7.30. The third-order valence-electron chi connectivity index (χ3n) is 6.55. The molecule has 2 aromatic heterocycles. The molecule has 2 aliphatic rings. The third kappa shape index (κ3) is 4.27. The largest absolute Gasteiger partial charge is 0.370 e. The van der Waals surface area contributed by atoms with Crippen molar-refractivity contribution in [2.75, 3.05) is 43.0 Å². The van der Waals surface area contributed by atoms with Gasteiger partial charge in [0.1, 0.15) is 11.9 Å². The maximum absolute atomic E-state index is 6.02. The number of fused-ring (bicyclic) bond motifs is 1. The van der Waals surface area contributed by atoms with Crippen LogP contribution in [0.5, 0.6) is 0 Å². The summed E-state index contributed by atoms with van der Waals surface area (Å²) < 4.78 is 6.02. The van der Waals surface area contributed by atoms with Gasteiger partial charge < -0.3 is 25.3 Å². The second-order valence-corrected chi connectivity index (χ2v) is 8.73. The number of morpholine rings is 1. The molecule has 172 valence electrons. The van der Waals surface area contributed by atoms with E-state index in [1.54, 1.807) is 0 Å². The van der Waals surface area contributed by atoms with E-state index in [4.69, 9.17) is 9.72 Å². The Kier molecular flexibility index (Phi) is 5.71. The van der Waals surface area contributed by atoms with Gasteiger partial charge in [0.15, 0.2) is 0 Å². The molecule has 7 nitrogen and oxygen atoms in total. The van der Waals surface area contributed by atoms with Crippen molar-refractivity contribution in [2.45, 2.75) is 12.5 Å². The van der Waals surface area contributed by atoms with Crippen LogP contribution in [0.1, 0.15) is 23.7 Å². The van der Waals surface area contributed by atoms with E-state index in [-0.39, 0.29) is 6.10 Å². The van der Waals surface area contributed by atoms with Gasteiger partial charge in [-0.1, -0.05) is 36.4 Å². The number of nitrogens with zero attached hydrogens (tertiary/aromatic N) is 3. The standard InChI is InChI=1S/C27H28N6O/c1-2-4-20(5-3-1)25-18-33(14-15-34-25)26-10-13-29-27(32-26)31-21-6-7-24-22(16-21)23(17-30-24)19-8-11-28-12-9-19/h1-8,10,13,16-17,25,28,30H,9,11-12,14-15,18H2,(H,29,31,32). The van der Waals surface area contributed by atoms with E-state index in [0.29, 0.717) is 12.6 Å². The van der Waals surface area contributed by atoms with E-state index in [9.17, 15) is 0 Å². The SMILES string of the molecule is C1=C(c2c[nH]c3ccc(Nc4nccc(N5CCOC(c6ccccc6)C5)n4)cc23)CCNC1. The van der Waals surface area contributed by atoms with Crippen LogP contribution < -0.4 is 15.5 Å². The van der Waals surface area contributed by atoms with Crippen LogP contribution in [0.4, 0.5) is 17.5 Å². The lowest BCUT2D eigenvalue weighted by Crippen LogP contribution is -2.38. The van der Waals surface area contributed by atoms with Gasteiger partial charge in [-0.15, -0.1) is 0 Å². The lowest BCUT2D eigenvalue weighted by atomic mass is 9.99. The number of aromatic amines is 1. The Morgan fingerprint density at radius 2 is 2.03 bits per heavy atom. The fourth-order valence-corrected chi connectivity index (χ4v) is 4.77. The molecule has 1 atom stereocenters. The Bertz CT molecular complexity index is 1320. The van der Waals surface area contributed by atoms with Crippen molar-refractivity contribution in [1.29, 1.82) is 0 Å². The predicted molar refractivity (Wildman–Crippen MR) is 136 cm³/mol. The number of hydrogen-bond donors (Lipinski definition) is 3. The molecule has 6 rings (SSSR count). The van der Waals surface area contributed by atoms with Gasteiger partial charge in [-0.25, -0.2) is 4.98 Å². The summed E-state index contributed by atoms with van der Waals surface area (Å²) in [6.45, 7) is 4.19. The molecule has 0 spiro atoms. The first kappa shape index (κ1) is 20.9. The first-order valence-electron chi connectivity index (χ1n) is 11.9. The fourth-order valence-electron chi connectivity index (χ4n) is 4.77. The monoisotopic (exact) mass is 452 g/mol. The number of anilines is 3. The molecule has 4 heterocycles. The van der Waals surface area contributed by atoms with E-state index in [1.807, 2.05) is 18.3 Å². The van der Waals surface area contributed by atoms with E-state index in [2.05, 4.69) is 80.2 Å². The highest BCUT2D eigenvalue weighted by molar-refractivity contribution is 5.95. The molecular weight excluding hydrogens is 424 g/mol. The zero-order valence-electron chi connectivity index (χ0n) is 19.0. The van der Waals surface area contributed by atoms with E-state index in [1.165, 1.54) is 22.1 Å². The normalized spacial score (nSPS) is 18.6. The third-order valence-corrected chi connectivity index (χ3v) is 6.55. The number of H-pyrrole nitrogens is 1. The summed E-state index contributed by atoms with van der Waals surface area (Å²) in [6, 6.07) is 18.7. The first-order chi connectivity index (χ1) is 16.8. The summed E-state index contributed by atoms with van der Waals surface area (Å²) >= 11 is 0. The van der Waals surface area contributed by atoms with Crippen LogP contribution in [0.25, 0.3) is 16.5 Å². The smallest absolute Gasteiger partial charge is 0.229 e. The Morgan fingerprint density at radius 1 is 1.09 bits per heavy atom. The second-order valence-electron chi connectivity index (χ2n) is 8.73.